The minimum absolute atomic E-state index is 0.0812. The molecule has 5 nitrogen and oxygen atoms in total. The van der Waals surface area contributed by atoms with Crippen LogP contribution in [0.4, 0.5) is 11.5 Å². The average molecular weight is 387 g/mol. The molecule has 2 heterocycles. The third-order valence-electron chi connectivity index (χ3n) is 5.32. The lowest BCUT2D eigenvalue weighted by molar-refractivity contribution is 0.0954. The van der Waals surface area contributed by atoms with Crippen molar-refractivity contribution in [2.24, 2.45) is 0 Å². The average Bonchev–Trinajstić information content (AvgIpc) is 3.10. The standard InChI is InChI=1S/C24H25N3O2/c1-17-15-19-5-3-4-6-22(19)27(17)23-16-20(12-14-25-23)24(28)26-13-11-18-7-9-21(29-2)10-8-18/h3-10,12,14,16-17H,11,13,15H2,1-2H3,(H,26,28). The van der Waals surface area contributed by atoms with Crippen LogP contribution in [0.2, 0.25) is 0 Å². The zero-order valence-electron chi connectivity index (χ0n) is 16.8. The highest BCUT2D eigenvalue weighted by Gasteiger charge is 2.27. The quantitative estimate of drug-likeness (QED) is 0.691. The summed E-state index contributed by atoms with van der Waals surface area (Å²) in [6, 6.07) is 20.2. The van der Waals surface area contributed by atoms with Crippen molar-refractivity contribution in [2.75, 3.05) is 18.6 Å². The minimum Gasteiger partial charge on any atom is -0.497 e. The van der Waals surface area contributed by atoms with Gasteiger partial charge >= 0.3 is 0 Å². The second-order valence-electron chi connectivity index (χ2n) is 7.31. The summed E-state index contributed by atoms with van der Waals surface area (Å²) in [6.45, 7) is 2.76. The van der Waals surface area contributed by atoms with Gasteiger partial charge in [0.2, 0.25) is 0 Å². The molecule has 1 N–H and O–H groups in total. The fraction of sp³-hybridized carbons (Fsp3) is 0.250. The molecule has 148 valence electrons. The smallest absolute Gasteiger partial charge is 0.251 e. The van der Waals surface area contributed by atoms with E-state index in [1.54, 1.807) is 19.4 Å². The largest absolute Gasteiger partial charge is 0.497 e. The number of aromatic nitrogens is 1. The third-order valence-corrected chi connectivity index (χ3v) is 5.32. The van der Waals surface area contributed by atoms with Crippen LogP contribution in [0, 0.1) is 0 Å². The molecular weight excluding hydrogens is 362 g/mol. The lowest BCUT2D eigenvalue weighted by Gasteiger charge is -2.24. The Morgan fingerprint density at radius 1 is 1.17 bits per heavy atom. The number of nitrogens with one attached hydrogen (secondary N) is 1. The lowest BCUT2D eigenvalue weighted by atomic mass is 10.1. The Kier molecular flexibility index (Phi) is 5.47. The van der Waals surface area contributed by atoms with Crippen LogP contribution in [0.25, 0.3) is 0 Å². The zero-order valence-corrected chi connectivity index (χ0v) is 16.8. The molecule has 1 unspecified atom stereocenters. The first-order valence-corrected chi connectivity index (χ1v) is 9.90. The number of carbonyl (C=O) groups is 1. The molecule has 0 bridgehead atoms. The van der Waals surface area contributed by atoms with Crippen molar-refractivity contribution >= 4 is 17.4 Å². The van der Waals surface area contributed by atoms with E-state index in [2.05, 4.69) is 40.3 Å². The number of para-hydroxylation sites is 1. The normalized spacial score (nSPS) is 15.1. The number of amides is 1. The Hall–Kier alpha value is -3.34. The van der Waals surface area contributed by atoms with E-state index in [4.69, 9.17) is 4.74 Å². The first-order valence-electron chi connectivity index (χ1n) is 9.90. The summed E-state index contributed by atoms with van der Waals surface area (Å²) in [6.07, 6.45) is 3.46. The number of nitrogens with zero attached hydrogens (tertiary/aromatic N) is 2. The van der Waals surface area contributed by atoms with E-state index in [0.717, 1.165) is 30.0 Å². The molecule has 0 fully saturated rings. The number of fused-ring (bicyclic) bond motifs is 1. The van der Waals surface area contributed by atoms with Crippen LogP contribution in [0.3, 0.4) is 0 Å². The number of hydrogen-bond donors (Lipinski definition) is 1. The van der Waals surface area contributed by atoms with Gasteiger partial charge in [0.1, 0.15) is 11.6 Å². The van der Waals surface area contributed by atoms with Crippen LogP contribution in [0.1, 0.15) is 28.4 Å². The number of ether oxygens (including phenoxy) is 1. The number of benzene rings is 2. The Morgan fingerprint density at radius 3 is 2.76 bits per heavy atom. The monoisotopic (exact) mass is 387 g/mol. The molecule has 0 radical (unpaired) electrons. The zero-order chi connectivity index (χ0) is 20.2. The number of anilines is 2. The summed E-state index contributed by atoms with van der Waals surface area (Å²) in [5, 5.41) is 3.01. The van der Waals surface area contributed by atoms with E-state index in [1.807, 2.05) is 36.4 Å². The molecule has 1 atom stereocenters. The maximum absolute atomic E-state index is 12.7. The number of carbonyl (C=O) groups excluding carboxylic acids is 1. The lowest BCUT2D eigenvalue weighted by Crippen LogP contribution is -2.27. The number of hydrogen-bond acceptors (Lipinski definition) is 4. The van der Waals surface area contributed by atoms with Crippen LogP contribution in [0.5, 0.6) is 5.75 Å². The molecule has 1 aliphatic rings. The van der Waals surface area contributed by atoms with Gasteiger partial charge in [0.25, 0.3) is 5.91 Å². The van der Waals surface area contributed by atoms with Crippen LogP contribution in [-0.2, 0) is 12.8 Å². The molecule has 0 spiro atoms. The first-order chi connectivity index (χ1) is 14.2. The molecule has 0 saturated heterocycles. The first kappa shape index (κ1) is 19.0. The number of pyridine rings is 1. The van der Waals surface area contributed by atoms with E-state index in [9.17, 15) is 4.79 Å². The maximum atomic E-state index is 12.7. The van der Waals surface area contributed by atoms with E-state index in [0.29, 0.717) is 18.2 Å². The second kappa shape index (κ2) is 8.35. The summed E-state index contributed by atoms with van der Waals surface area (Å²) in [7, 11) is 1.65. The summed E-state index contributed by atoms with van der Waals surface area (Å²) < 4.78 is 5.17. The van der Waals surface area contributed by atoms with Crippen molar-refractivity contribution in [1.29, 1.82) is 0 Å². The highest BCUT2D eigenvalue weighted by Crippen LogP contribution is 2.37. The van der Waals surface area contributed by atoms with Gasteiger partial charge < -0.3 is 15.0 Å². The molecule has 0 aliphatic carbocycles. The molecule has 0 saturated carbocycles. The SMILES string of the molecule is COc1ccc(CCNC(=O)c2ccnc(N3c4ccccc4CC3C)c2)cc1. The van der Waals surface area contributed by atoms with Crippen molar-refractivity contribution in [1.82, 2.24) is 10.3 Å². The Labute approximate surface area is 171 Å². The summed E-state index contributed by atoms with van der Waals surface area (Å²) in [4.78, 5) is 19.4. The molecule has 3 aromatic rings. The number of rotatable bonds is 6. The molecule has 5 heteroatoms. The predicted octanol–water partition coefficient (Wildman–Crippen LogP) is 4.15. The molecule has 29 heavy (non-hydrogen) atoms. The van der Waals surface area contributed by atoms with Crippen molar-refractivity contribution in [2.45, 2.75) is 25.8 Å². The van der Waals surface area contributed by atoms with E-state index in [-0.39, 0.29) is 5.91 Å². The van der Waals surface area contributed by atoms with E-state index >= 15 is 0 Å². The van der Waals surface area contributed by atoms with Gasteiger partial charge in [-0.1, -0.05) is 30.3 Å². The van der Waals surface area contributed by atoms with Gasteiger partial charge in [-0.3, -0.25) is 4.79 Å². The van der Waals surface area contributed by atoms with Crippen LogP contribution in [0.15, 0.2) is 66.9 Å². The van der Waals surface area contributed by atoms with Crippen LogP contribution in [-0.4, -0.2) is 30.6 Å². The summed E-state index contributed by atoms with van der Waals surface area (Å²) >= 11 is 0. The Morgan fingerprint density at radius 2 is 1.97 bits per heavy atom. The van der Waals surface area contributed by atoms with Gasteiger partial charge in [0.05, 0.1) is 7.11 Å². The van der Waals surface area contributed by atoms with Crippen molar-refractivity contribution in [3.05, 3.63) is 83.6 Å². The second-order valence-corrected chi connectivity index (χ2v) is 7.31. The fourth-order valence-corrected chi connectivity index (χ4v) is 3.82. The molecular formula is C24H25N3O2. The maximum Gasteiger partial charge on any atom is 0.251 e. The predicted molar refractivity (Wildman–Crippen MR) is 115 cm³/mol. The molecule has 1 aromatic heterocycles. The van der Waals surface area contributed by atoms with Gasteiger partial charge in [-0.2, -0.15) is 0 Å². The highest BCUT2D eigenvalue weighted by molar-refractivity contribution is 5.95. The molecule has 1 amide bonds. The van der Waals surface area contributed by atoms with Crippen molar-refractivity contribution in [3.8, 4) is 5.75 Å². The topological polar surface area (TPSA) is 54.5 Å². The van der Waals surface area contributed by atoms with Gasteiger partial charge in [0, 0.05) is 30.0 Å². The molecule has 1 aliphatic heterocycles. The van der Waals surface area contributed by atoms with Gasteiger partial charge in [0.15, 0.2) is 0 Å². The molecule has 2 aromatic carbocycles. The van der Waals surface area contributed by atoms with Gasteiger partial charge in [-0.05, 0) is 61.2 Å². The summed E-state index contributed by atoms with van der Waals surface area (Å²) in [5.74, 6) is 1.56. The minimum atomic E-state index is -0.0812. The Bertz CT molecular complexity index is 1000. The van der Waals surface area contributed by atoms with Gasteiger partial charge in [-0.25, -0.2) is 4.98 Å². The fourth-order valence-electron chi connectivity index (χ4n) is 3.82. The van der Waals surface area contributed by atoms with Crippen molar-refractivity contribution < 1.29 is 9.53 Å². The van der Waals surface area contributed by atoms with Crippen LogP contribution >= 0.6 is 0 Å². The highest BCUT2D eigenvalue weighted by atomic mass is 16.5. The van der Waals surface area contributed by atoms with Crippen LogP contribution < -0.4 is 15.0 Å². The third kappa shape index (κ3) is 4.09. The summed E-state index contributed by atoms with van der Waals surface area (Å²) in [5.41, 5.74) is 4.27. The van der Waals surface area contributed by atoms with Gasteiger partial charge in [-0.15, -0.1) is 0 Å². The number of methoxy groups -OCH3 is 1. The molecule has 4 rings (SSSR count). The van der Waals surface area contributed by atoms with E-state index in [1.165, 1.54) is 11.3 Å². The van der Waals surface area contributed by atoms with Crippen molar-refractivity contribution in [3.63, 3.8) is 0 Å². The van der Waals surface area contributed by atoms with E-state index < -0.39 is 0 Å². The Balaban J connectivity index is 1.42.